The number of ether oxygens (including phenoxy) is 1. The maximum atomic E-state index is 6.44. The van der Waals surface area contributed by atoms with E-state index in [2.05, 4.69) is 46.6 Å². The molecule has 2 aliphatic rings. The molecule has 1 aliphatic heterocycles. The molecule has 162 valence electrons. The Morgan fingerprint density at radius 2 is 1.84 bits per heavy atom. The van der Waals surface area contributed by atoms with Crippen molar-refractivity contribution < 1.29 is 14.1 Å². The molecule has 1 aliphatic carbocycles. The second-order valence-electron chi connectivity index (χ2n) is 8.71. The minimum atomic E-state index is 0.120. The number of aromatic nitrogens is 1. The normalized spacial score (nSPS) is 19.1. The van der Waals surface area contributed by atoms with E-state index in [-0.39, 0.29) is 6.10 Å². The minimum Gasteiger partial charge on any atom is -0.485 e. The Labute approximate surface area is 183 Å². The van der Waals surface area contributed by atoms with Crippen LogP contribution in [0.1, 0.15) is 67.2 Å². The molecule has 1 fully saturated rings. The molecule has 0 bridgehead atoms. The van der Waals surface area contributed by atoms with Gasteiger partial charge < -0.3 is 14.1 Å². The highest BCUT2D eigenvalue weighted by Gasteiger charge is 2.26. The zero-order chi connectivity index (χ0) is 21.0. The van der Waals surface area contributed by atoms with E-state index >= 15 is 0 Å². The van der Waals surface area contributed by atoms with E-state index in [1.807, 2.05) is 25.1 Å². The lowest BCUT2D eigenvalue weighted by Crippen LogP contribution is -2.39. The summed E-state index contributed by atoms with van der Waals surface area (Å²) in [6, 6.07) is 19.1. The van der Waals surface area contributed by atoms with Crippen LogP contribution in [0, 0.1) is 6.92 Å². The van der Waals surface area contributed by atoms with Crippen molar-refractivity contribution in [3.8, 4) is 11.5 Å². The maximum Gasteiger partial charge on any atom is 0.148 e. The molecular weight excluding hydrogens is 388 g/mol. The lowest BCUT2D eigenvalue weighted by atomic mass is 9.95. The smallest absolute Gasteiger partial charge is 0.148 e. The Hall–Kier alpha value is -2.79. The zero-order valence-corrected chi connectivity index (χ0v) is 18.1. The first-order chi connectivity index (χ1) is 15.2. The quantitative estimate of drug-likeness (QED) is 0.448. The fourth-order valence-electron chi connectivity index (χ4n) is 4.72. The van der Waals surface area contributed by atoms with E-state index < -0.39 is 0 Å². The molecule has 2 aromatic carbocycles. The largest absolute Gasteiger partial charge is 0.485 e. The molecule has 0 radical (unpaired) electrons. The molecular formula is C26H30N2O3. The number of aryl methyl sites for hydroxylation is 2. The van der Waals surface area contributed by atoms with Crippen molar-refractivity contribution in [2.75, 3.05) is 0 Å². The number of hydrogen-bond donors (Lipinski definition) is 0. The van der Waals surface area contributed by atoms with Crippen molar-refractivity contribution in [2.45, 2.75) is 70.6 Å². The summed E-state index contributed by atoms with van der Waals surface area (Å²) in [5, 5.41) is 6.29. The van der Waals surface area contributed by atoms with Crippen LogP contribution >= 0.6 is 0 Å². The van der Waals surface area contributed by atoms with Crippen LogP contribution in [0.3, 0.4) is 0 Å². The van der Waals surface area contributed by atoms with Crippen molar-refractivity contribution in [3.63, 3.8) is 0 Å². The summed E-state index contributed by atoms with van der Waals surface area (Å²) in [7, 11) is 0. The summed E-state index contributed by atoms with van der Waals surface area (Å²) in [6.07, 6.45) is 8.21. The molecule has 5 heteroatoms. The molecule has 2 heterocycles. The van der Waals surface area contributed by atoms with Gasteiger partial charge in [0.1, 0.15) is 29.1 Å². The Bertz CT molecular complexity index is 995. The second-order valence-corrected chi connectivity index (χ2v) is 8.71. The van der Waals surface area contributed by atoms with E-state index in [0.717, 1.165) is 48.6 Å². The Balaban J connectivity index is 1.31. The van der Waals surface area contributed by atoms with E-state index in [0.29, 0.717) is 12.6 Å². The number of fused-ring (bicyclic) bond motifs is 1. The summed E-state index contributed by atoms with van der Waals surface area (Å²) < 4.78 is 11.6. The summed E-state index contributed by atoms with van der Waals surface area (Å²) in [4.78, 5) is 6.44. The molecule has 1 atom stereocenters. The number of nitrogens with zero attached hydrogens (tertiary/aromatic N) is 2. The number of rotatable bonds is 6. The first-order valence-electron chi connectivity index (χ1n) is 11.5. The van der Waals surface area contributed by atoms with E-state index in [1.165, 1.54) is 30.4 Å². The Morgan fingerprint density at radius 1 is 1.00 bits per heavy atom. The van der Waals surface area contributed by atoms with Gasteiger partial charge in [-0.25, -0.2) is 0 Å². The van der Waals surface area contributed by atoms with Crippen molar-refractivity contribution in [2.24, 2.45) is 0 Å². The van der Waals surface area contributed by atoms with E-state index in [4.69, 9.17) is 14.1 Å². The van der Waals surface area contributed by atoms with Gasteiger partial charge in [0.05, 0.1) is 6.54 Å². The van der Waals surface area contributed by atoms with Crippen molar-refractivity contribution >= 4 is 0 Å². The topological polar surface area (TPSA) is 47.7 Å². The van der Waals surface area contributed by atoms with Gasteiger partial charge in [-0.1, -0.05) is 54.8 Å². The third kappa shape index (κ3) is 4.77. The highest BCUT2D eigenvalue weighted by molar-refractivity contribution is 5.42. The van der Waals surface area contributed by atoms with Crippen molar-refractivity contribution in [1.82, 2.24) is 10.2 Å². The molecule has 1 unspecified atom stereocenters. The fraction of sp³-hybridized carbons (Fsp3) is 0.423. The molecule has 31 heavy (non-hydrogen) atoms. The predicted molar refractivity (Wildman–Crippen MR) is 119 cm³/mol. The first kappa shape index (κ1) is 20.1. The third-order valence-electron chi connectivity index (χ3n) is 6.35. The average Bonchev–Trinajstić information content (AvgIpc) is 3.24. The van der Waals surface area contributed by atoms with Crippen LogP contribution in [0.15, 0.2) is 59.1 Å². The van der Waals surface area contributed by atoms with Gasteiger partial charge in [0.2, 0.25) is 0 Å². The highest BCUT2D eigenvalue weighted by Crippen LogP contribution is 2.37. The van der Waals surface area contributed by atoms with Gasteiger partial charge in [0.15, 0.2) is 0 Å². The second kappa shape index (κ2) is 9.15. The van der Waals surface area contributed by atoms with Gasteiger partial charge >= 0.3 is 0 Å². The van der Waals surface area contributed by atoms with Gasteiger partial charge in [-0.3, -0.25) is 0 Å². The van der Waals surface area contributed by atoms with Crippen LogP contribution in [0.4, 0.5) is 0 Å². The zero-order valence-electron chi connectivity index (χ0n) is 18.1. The Kier molecular flexibility index (Phi) is 5.94. The van der Waals surface area contributed by atoms with Gasteiger partial charge in [-0.05, 0) is 61.9 Å². The van der Waals surface area contributed by atoms with Crippen molar-refractivity contribution in [1.29, 1.82) is 0 Å². The van der Waals surface area contributed by atoms with Crippen LogP contribution < -0.4 is 9.57 Å². The molecule has 0 N–H and O–H groups in total. The molecule has 1 aromatic heterocycles. The monoisotopic (exact) mass is 418 g/mol. The standard InChI is InChI=1S/C26H30N2O3/c1-19-16-22(27-30-19)18-28(23-10-6-3-7-11-23)31-24-13-15-26-21(17-24)12-14-25(29-26)20-8-4-2-5-9-20/h2,4-5,8-9,13,15-17,23,25H,3,6-7,10-12,14,18H2,1H3. The van der Waals surface area contributed by atoms with E-state index in [1.54, 1.807) is 0 Å². The number of hydrogen-bond acceptors (Lipinski definition) is 5. The summed E-state index contributed by atoms with van der Waals surface area (Å²) in [5.74, 6) is 2.66. The van der Waals surface area contributed by atoms with Crippen LogP contribution in [0.5, 0.6) is 11.5 Å². The van der Waals surface area contributed by atoms with Crippen LogP contribution in [-0.2, 0) is 13.0 Å². The lowest BCUT2D eigenvalue weighted by molar-refractivity contribution is -0.114. The summed E-state index contributed by atoms with van der Waals surface area (Å²) in [5.41, 5.74) is 3.36. The molecule has 0 spiro atoms. The van der Waals surface area contributed by atoms with Gasteiger partial charge in [-0.15, -0.1) is 5.06 Å². The molecule has 0 amide bonds. The lowest BCUT2D eigenvalue weighted by Gasteiger charge is -2.33. The molecule has 3 aromatic rings. The minimum absolute atomic E-state index is 0.120. The van der Waals surface area contributed by atoms with E-state index in [9.17, 15) is 0 Å². The molecule has 5 rings (SSSR count). The average molecular weight is 419 g/mol. The molecule has 5 nitrogen and oxygen atoms in total. The summed E-state index contributed by atoms with van der Waals surface area (Å²) in [6.45, 7) is 2.56. The maximum absolute atomic E-state index is 6.44. The SMILES string of the molecule is Cc1cc(CN(Oc2ccc3c(c2)CCC(c2ccccc2)O3)C2CCCCC2)no1. The van der Waals surface area contributed by atoms with Gasteiger partial charge in [-0.2, -0.15) is 0 Å². The third-order valence-corrected chi connectivity index (χ3v) is 6.35. The Morgan fingerprint density at radius 3 is 2.61 bits per heavy atom. The highest BCUT2D eigenvalue weighted by atomic mass is 16.7. The molecule has 0 saturated heterocycles. The first-order valence-corrected chi connectivity index (χ1v) is 11.5. The number of hydroxylamine groups is 2. The predicted octanol–water partition coefficient (Wildman–Crippen LogP) is 6.18. The fourth-order valence-corrected chi connectivity index (χ4v) is 4.72. The molecule has 1 saturated carbocycles. The van der Waals surface area contributed by atoms with Gasteiger partial charge in [0.25, 0.3) is 0 Å². The van der Waals surface area contributed by atoms with Crippen LogP contribution in [-0.4, -0.2) is 16.3 Å². The van der Waals surface area contributed by atoms with Crippen LogP contribution in [0.2, 0.25) is 0 Å². The number of benzene rings is 2. The van der Waals surface area contributed by atoms with Gasteiger partial charge in [0, 0.05) is 12.1 Å². The summed E-state index contributed by atoms with van der Waals surface area (Å²) >= 11 is 0. The van der Waals surface area contributed by atoms with Crippen molar-refractivity contribution in [3.05, 3.63) is 77.2 Å². The van der Waals surface area contributed by atoms with Crippen LogP contribution in [0.25, 0.3) is 0 Å².